The van der Waals surface area contributed by atoms with Gasteiger partial charge in [0.15, 0.2) is 0 Å². The van der Waals surface area contributed by atoms with Gasteiger partial charge in [-0.25, -0.2) is 5.48 Å². The number of hydrogen-bond donors (Lipinski definition) is 1. The van der Waals surface area contributed by atoms with Crippen LogP contribution in [0.25, 0.3) is 0 Å². The Bertz CT molecular complexity index is 656. The van der Waals surface area contributed by atoms with Crippen molar-refractivity contribution in [2.45, 2.75) is 13.5 Å². The predicted octanol–water partition coefficient (Wildman–Crippen LogP) is 2.76. The second-order valence-corrected chi connectivity index (χ2v) is 4.46. The van der Waals surface area contributed by atoms with Crippen molar-refractivity contribution in [3.8, 4) is 0 Å². The number of hydrogen-bond acceptors (Lipinski definition) is 4. The van der Waals surface area contributed by atoms with Gasteiger partial charge in [-0.3, -0.25) is 19.7 Å². The number of hydroxylamine groups is 1. The van der Waals surface area contributed by atoms with E-state index in [4.69, 9.17) is 4.84 Å². The third-order valence-electron chi connectivity index (χ3n) is 2.90. The van der Waals surface area contributed by atoms with Crippen LogP contribution >= 0.6 is 0 Å². The molecule has 6 heteroatoms. The third-order valence-corrected chi connectivity index (χ3v) is 2.90. The zero-order chi connectivity index (χ0) is 15.2. The normalized spacial score (nSPS) is 10.1. The quantitative estimate of drug-likeness (QED) is 0.677. The smallest absolute Gasteiger partial charge is 0.269 e. The number of rotatable bonds is 5. The highest BCUT2D eigenvalue weighted by molar-refractivity contribution is 5.93. The van der Waals surface area contributed by atoms with Gasteiger partial charge < -0.3 is 0 Å². The molecule has 0 aliphatic carbocycles. The monoisotopic (exact) mass is 286 g/mol. The Morgan fingerprint density at radius 1 is 1.24 bits per heavy atom. The Hall–Kier alpha value is -2.73. The molecule has 1 amide bonds. The second-order valence-electron chi connectivity index (χ2n) is 4.46. The maximum atomic E-state index is 11.9. The van der Waals surface area contributed by atoms with Gasteiger partial charge in [0.2, 0.25) is 0 Å². The summed E-state index contributed by atoms with van der Waals surface area (Å²) in [7, 11) is 0. The number of benzene rings is 2. The molecule has 2 aromatic rings. The van der Waals surface area contributed by atoms with Crippen molar-refractivity contribution in [1.29, 1.82) is 0 Å². The minimum atomic E-state index is -0.483. The van der Waals surface area contributed by atoms with Crippen molar-refractivity contribution in [2.75, 3.05) is 0 Å². The largest absolute Gasteiger partial charge is 0.274 e. The standard InChI is InChI=1S/C15H14N2O4/c1-11-9-13(7-8-14(11)17(19)20)15(18)16-21-10-12-5-3-2-4-6-12/h2-9H,10H2,1H3,(H,16,18). The predicted molar refractivity (Wildman–Crippen MR) is 76.5 cm³/mol. The molecule has 6 nitrogen and oxygen atoms in total. The molecule has 0 saturated carbocycles. The fourth-order valence-corrected chi connectivity index (χ4v) is 1.82. The molecule has 0 aliphatic rings. The van der Waals surface area contributed by atoms with E-state index in [-0.39, 0.29) is 12.3 Å². The number of aryl methyl sites for hydroxylation is 1. The molecule has 0 atom stereocenters. The summed E-state index contributed by atoms with van der Waals surface area (Å²) in [5.41, 5.74) is 3.96. The molecule has 0 fully saturated rings. The van der Waals surface area contributed by atoms with Gasteiger partial charge in [-0.15, -0.1) is 0 Å². The molecule has 0 aliphatic heterocycles. The minimum Gasteiger partial charge on any atom is -0.269 e. The molecular formula is C15H14N2O4. The highest BCUT2D eigenvalue weighted by Gasteiger charge is 2.13. The van der Waals surface area contributed by atoms with E-state index in [1.54, 1.807) is 6.92 Å². The highest BCUT2D eigenvalue weighted by atomic mass is 16.7. The molecule has 0 unspecified atom stereocenters. The average Bonchev–Trinajstić information content (AvgIpc) is 2.47. The first-order valence-electron chi connectivity index (χ1n) is 6.29. The molecule has 108 valence electrons. The van der Waals surface area contributed by atoms with Crippen LogP contribution in [0.4, 0.5) is 5.69 Å². The fourth-order valence-electron chi connectivity index (χ4n) is 1.82. The first-order valence-corrected chi connectivity index (χ1v) is 6.29. The lowest BCUT2D eigenvalue weighted by Gasteiger charge is -2.06. The summed E-state index contributed by atoms with van der Waals surface area (Å²) in [4.78, 5) is 27.2. The van der Waals surface area contributed by atoms with Crippen molar-refractivity contribution in [3.05, 3.63) is 75.3 Å². The van der Waals surface area contributed by atoms with Crippen LogP contribution in [-0.2, 0) is 11.4 Å². The van der Waals surface area contributed by atoms with Gasteiger partial charge in [0.1, 0.15) is 0 Å². The summed E-state index contributed by atoms with van der Waals surface area (Å²) in [6.45, 7) is 1.83. The zero-order valence-corrected chi connectivity index (χ0v) is 11.4. The summed E-state index contributed by atoms with van der Waals surface area (Å²) in [5, 5.41) is 10.7. The molecule has 21 heavy (non-hydrogen) atoms. The van der Waals surface area contributed by atoms with Gasteiger partial charge in [-0.2, -0.15) is 0 Å². The summed E-state index contributed by atoms with van der Waals surface area (Å²) in [5.74, 6) is -0.441. The number of nitrogens with zero attached hydrogens (tertiary/aromatic N) is 1. The summed E-state index contributed by atoms with van der Waals surface area (Å²) < 4.78 is 0. The van der Waals surface area contributed by atoms with Gasteiger partial charge in [0.25, 0.3) is 11.6 Å². The lowest BCUT2D eigenvalue weighted by Crippen LogP contribution is -2.23. The maximum absolute atomic E-state index is 11.9. The van der Waals surface area contributed by atoms with Crippen molar-refractivity contribution in [1.82, 2.24) is 5.48 Å². The Balaban J connectivity index is 1.94. The number of nitro groups is 1. The van der Waals surface area contributed by atoms with Gasteiger partial charge in [0.05, 0.1) is 11.5 Å². The number of carbonyl (C=O) groups excluding carboxylic acids is 1. The van der Waals surface area contributed by atoms with Crippen LogP contribution in [0.15, 0.2) is 48.5 Å². The van der Waals surface area contributed by atoms with Crippen molar-refractivity contribution >= 4 is 11.6 Å². The number of amides is 1. The maximum Gasteiger partial charge on any atom is 0.274 e. The Morgan fingerprint density at radius 2 is 1.95 bits per heavy atom. The van der Waals surface area contributed by atoms with Crippen LogP contribution in [0.5, 0.6) is 0 Å². The molecule has 0 aromatic heterocycles. The average molecular weight is 286 g/mol. The van der Waals surface area contributed by atoms with Crippen LogP contribution in [0.2, 0.25) is 0 Å². The lowest BCUT2D eigenvalue weighted by atomic mass is 10.1. The molecule has 0 saturated heterocycles. The third kappa shape index (κ3) is 3.87. The number of nitrogens with one attached hydrogen (secondary N) is 1. The van der Waals surface area contributed by atoms with E-state index in [9.17, 15) is 14.9 Å². The molecule has 0 radical (unpaired) electrons. The Kier molecular flexibility index (Phi) is 4.63. The second kappa shape index (κ2) is 6.62. The van der Waals surface area contributed by atoms with Crippen molar-refractivity contribution in [2.24, 2.45) is 0 Å². The molecule has 0 bridgehead atoms. The van der Waals surface area contributed by atoms with E-state index >= 15 is 0 Å². The van der Waals surface area contributed by atoms with Crippen LogP contribution < -0.4 is 5.48 Å². The molecular weight excluding hydrogens is 272 g/mol. The SMILES string of the molecule is Cc1cc(C(=O)NOCc2ccccc2)ccc1[N+](=O)[O-]. The first-order chi connectivity index (χ1) is 10.1. The molecule has 0 spiro atoms. The van der Waals surface area contributed by atoms with Crippen LogP contribution in [0, 0.1) is 17.0 Å². The Labute approximate surface area is 121 Å². The van der Waals surface area contributed by atoms with E-state index < -0.39 is 10.8 Å². The van der Waals surface area contributed by atoms with Crippen LogP contribution in [0.1, 0.15) is 21.5 Å². The molecule has 2 aromatic carbocycles. The molecule has 0 heterocycles. The van der Waals surface area contributed by atoms with Gasteiger partial charge >= 0.3 is 0 Å². The van der Waals surface area contributed by atoms with E-state index in [0.717, 1.165) is 5.56 Å². The number of carbonyl (C=O) groups is 1. The van der Waals surface area contributed by atoms with E-state index in [1.165, 1.54) is 18.2 Å². The summed E-state index contributed by atoms with van der Waals surface area (Å²) in [6.07, 6.45) is 0. The molecule has 2 rings (SSSR count). The molecule has 1 N–H and O–H groups in total. The van der Waals surface area contributed by atoms with E-state index in [1.807, 2.05) is 30.3 Å². The lowest BCUT2D eigenvalue weighted by molar-refractivity contribution is -0.385. The van der Waals surface area contributed by atoms with Crippen molar-refractivity contribution < 1.29 is 14.6 Å². The summed E-state index contributed by atoms with van der Waals surface area (Å²) >= 11 is 0. The zero-order valence-electron chi connectivity index (χ0n) is 11.4. The topological polar surface area (TPSA) is 81.5 Å². The minimum absolute atomic E-state index is 0.0169. The highest BCUT2D eigenvalue weighted by Crippen LogP contribution is 2.18. The van der Waals surface area contributed by atoms with Gasteiger partial charge in [0, 0.05) is 17.2 Å². The fraction of sp³-hybridized carbons (Fsp3) is 0.133. The van der Waals surface area contributed by atoms with Gasteiger partial charge in [-0.05, 0) is 24.6 Å². The summed E-state index contributed by atoms with van der Waals surface area (Å²) in [6, 6.07) is 13.6. The Morgan fingerprint density at radius 3 is 2.57 bits per heavy atom. The van der Waals surface area contributed by atoms with Gasteiger partial charge in [-0.1, -0.05) is 30.3 Å². The van der Waals surface area contributed by atoms with E-state index in [0.29, 0.717) is 11.1 Å². The first kappa shape index (κ1) is 14.7. The van der Waals surface area contributed by atoms with Crippen LogP contribution in [-0.4, -0.2) is 10.8 Å². The van der Waals surface area contributed by atoms with Crippen molar-refractivity contribution in [3.63, 3.8) is 0 Å². The van der Waals surface area contributed by atoms with E-state index in [2.05, 4.69) is 5.48 Å². The number of nitro benzene ring substituents is 1. The van der Waals surface area contributed by atoms with Crippen LogP contribution in [0.3, 0.4) is 0 Å².